The maximum Gasteiger partial charge on any atom is 0.234 e. The normalized spacial score (nSPS) is 26.3. The molecule has 82 valence electrons. The molecule has 1 N–H and O–H groups in total. The van der Waals surface area contributed by atoms with Gasteiger partial charge in [-0.15, -0.1) is 0 Å². The number of rotatable bonds is 2. The molecule has 1 aliphatic heterocycles. The maximum absolute atomic E-state index is 5.73. The first kappa shape index (κ1) is 10.6. The van der Waals surface area contributed by atoms with E-state index in [0.717, 1.165) is 19.5 Å². The fourth-order valence-corrected chi connectivity index (χ4v) is 1.80. The summed E-state index contributed by atoms with van der Waals surface area (Å²) >= 11 is 5.73. The molecule has 2 rings (SSSR count). The van der Waals surface area contributed by atoms with Gasteiger partial charge in [0.1, 0.15) is 6.10 Å². The van der Waals surface area contributed by atoms with E-state index in [-0.39, 0.29) is 6.10 Å². The van der Waals surface area contributed by atoms with Gasteiger partial charge in [-0.1, -0.05) is 18.5 Å². The van der Waals surface area contributed by atoms with Crippen LogP contribution in [-0.4, -0.2) is 29.2 Å². The van der Waals surface area contributed by atoms with Crippen LogP contribution in [0.15, 0.2) is 12.4 Å². The smallest absolute Gasteiger partial charge is 0.234 e. The number of hydrogen-bond acceptors (Lipinski definition) is 4. The zero-order chi connectivity index (χ0) is 10.7. The average Bonchev–Trinajstić information content (AvgIpc) is 2.22. The molecule has 0 amide bonds. The molecule has 2 atom stereocenters. The van der Waals surface area contributed by atoms with Gasteiger partial charge < -0.3 is 10.1 Å². The van der Waals surface area contributed by atoms with Crippen LogP contribution in [0.5, 0.6) is 5.88 Å². The highest BCUT2D eigenvalue weighted by atomic mass is 35.5. The summed E-state index contributed by atoms with van der Waals surface area (Å²) in [6.07, 6.45) is 4.37. The first-order valence-corrected chi connectivity index (χ1v) is 5.48. The molecular weight excluding hydrogens is 214 g/mol. The van der Waals surface area contributed by atoms with Crippen LogP contribution >= 0.6 is 11.6 Å². The summed E-state index contributed by atoms with van der Waals surface area (Å²) < 4.78 is 5.73. The van der Waals surface area contributed by atoms with Crippen molar-refractivity contribution in [3.05, 3.63) is 17.5 Å². The Kier molecular flexibility index (Phi) is 3.38. The van der Waals surface area contributed by atoms with Gasteiger partial charge in [0.15, 0.2) is 5.15 Å². The van der Waals surface area contributed by atoms with Gasteiger partial charge in [0, 0.05) is 6.54 Å². The van der Waals surface area contributed by atoms with Crippen LogP contribution in [0.3, 0.4) is 0 Å². The monoisotopic (exact) mass is 227 g/mol. The Morgan fingerprint density at radius 3 is 3.13 bits per heavy atom. The van der Waals surface area contributed by atoms with Crippen molar-refractivity contribution in [3.63, 3.8) is 0 Å². The summed E-state index contributed by atoms with van der Waals surface area (Å²) in [6, 6.07) is 0. The third-order valence-corrected chi connectivity index (χ3v) is 2.79. The average molecular weight is 228 g/mol. The van der Waals surface area contributed by atoms with Crippen molar-refractivity contribution < 1.29 is 4.74 Å². The van der Waals surface area contributed by atoms with E-state index in [1.807, 2.05) is 0 Å². The van der Waals surface area contributed by atoms with Crippen LogP contribution in [-0.2, 0) is 0 Å². The third kappa shape index (κ3) is 2.79. The van der Waals surface area contributed by atoms with Gasteiger partial charge in [-0.25, -0.2) is 0 Å². The molecule has 0 saturated carbocycles. The van der Waals surface area contributed by atoms with Crippen molar-refractivity contribution in [2.45, 2.75) is 19.4 Å². The minimum absolute atomic E-state index is 0.159. The number of ether oxygens (including phenoxy) is 1. The van der Waals surface area contributed by atoms with E-state index >= 15 is 0 Å². The summed E-state index contributed by atoms with van der Waals surface area (Å²) in [5, 5.41) is 3.66. The van der Waals surface area contributed by atoms with E-state index in [9.17, 15) is 0 Å². The quantitative estimate of drug-likeness (QED) is 0.832. The summed E-state index contributed by atoms with van der Waals surface area (Å²) in [7, 11) is 0. The number of nitrogens with one attached hydrogen (secondary N) is 1. The van der Waals surface area contributed by atoms with Crippen LogP contribution in [0.1, 0.15) is 13.3 Å². The molecule has 0 bridgehead atoms. The minimum atomic E-state index is 0.159. The van der Waals surface area contributed by atoms with Crippen molar-refractivity contribution in [1.29, 1.82) is 0 Å². The Balaban J connectivity index is 2.01. The minimum Gasteiger partial charge on any atom is -0.472 e. The van der Waals surface area contributed by atoms with Crippen molar-refractivity contribution in [2.75, 3.05) is 13.1 Å². The Morgan fingerprint density at radius 2 is 2.40 bits per heavy atom. The highest BCUT2D eigenvalue weighted by molar-refractivity contribution is 6.29. The number of hydrogen-bond donors (Lipinski definition) is 1. The first-order chi connectivity index (χ1) is 7.25. The molecule has 1 saturated heterocycles. The molecule has 2 heterocycles. The lowest BCUT2D eigenvalue weighted by molar-refractivity contribution is 0.109. The molecular formula is C10H14ClN3O. The zero-order valence-electron chi connectivity index (χ0n) is 8.61. The fourth-order valence-electron chi connectivity index (χ4n) is 1.66. The molecule has 1 aromatic rings. The topological polar surface area (TPSA) is 47.0 Å². The molecule has 0 radical (unpaired) electrons. The Bertz CT molecular complexity index is 334. The van der Waals surface area contributed by atoms with Crippen molar-refractivity contribution in [3.8, 4) is 5.88 Å². The van der Waals surface area contributed by atoms with Crippen molar-refractivity contribution in [1.82, 2.24) is 15.3 Å². The van der Waals surface area contributed by atoms with Gasteiger partial charge in [-0.3, -0.25) is 4.98 Å². The maximum atomic E-state index is 5.73. The lowest BCUT2D eigenvalue weighted by Crippen LogP contribution is -2.43. The van der Waals surface area contributed by atoms with E-state index in [4.69, 9.17) is 16.3 Å². The van der Waals surface area contributed by atoms with Gasteiger partial charge in [-0.05, 0) is 18.9 Å². The zero-order valence-corrected chi connectivity index (χ0v) is 9.37. The second kappa shape index (κ2) is 4.77. The lowest BCUT2D eigenvalue weighted by Gasteiger charge is -2.29. The molecule has 0 spiro atoms. The number of aromatic nitrogens is 2. The van der Waals surface area contributed by atoms with E-state index in [0.29, 0.717) is 17.0 Å². The van der Waals surface area contributed by atoms with Crippen LogP contribution in [0.25, 0.3) is 0 Å². The summed E-state index contributed by atoms with van der Waals surface area (Å²) in [4.78, 5) is 7.99. The highest BCUT2D eigenvalue weighted by Gasteiger charge is 2.23. The molecule has 15 heavy (non-hydrogen) atoms. The second-order valence-electron chi connectivity index (χ2n) is 3.81. The van der Waals surface area contributed by atoms with Gasteiger partial charge in [0.2, 0.25) is 5.88 Å². The molecule has 0 aromatic carbocycles. The summed E-state index contributed by atoms with van der Waals surface area (Å²) in [5.41, 5.74) is 0. The van der Waals surface area contributed by atoms with Crippen LogP contribution in [0.2, 0.25) is 5.15 Å². The number of nitrogens with zero attached hydrogens (tertiary/aromatic N) is 2. The van der Waals surface area contributed by atoms with Gasteiger partial charge in [0.05, 0.1) is 12.4 Å². The second-order valence-corrected chi connectivity index (χ2v) is 4.19. The van der Waals surface area contributed by atoms with Gasteiger partial charge in [0.25, 0.3) is 0 Å². The third-order valence-electron chi connectivity index (χ3n) is 2.61. The van der Waals surface area contributed by atoms with Crippen molar-refractivity contribution >= 4 is 11.6 Å². The van der Waals surface area contributed by atoms with Crippen LogP contribution in [0, 0.1) is 5.92 Å². The largest absolute Gasteiger partial charge is 0.472 e. The Labute approximate surface area is 94.0 Å². The van der Waals surface area contributed by atoms with Crippen molar-refractivity contribution in [2.24, 2.45) is 5.92 Å². The highest BCUT2D eigenvalue weighted by Crippen LogP contribution is 2.18. The molecule has 0 aliphatic carbocycles. The molecule has 1 aromatic heterocycles. The van der Waals surface area contributed by atoms with Gasteiger partial charge in [-0.2, -0.15) is 4.98 Å². The summed E-state index contributed by atoms with van der Waals surface area (Å²) in [5.74, 6) is 1.04. The van der Waals surface area contributed by atoms with E-state index in [2.05, 4.69) is 22.2 Å². The lowest BCUT2D eigenvalue weighted by atomic mass is 9.97. The fraction of sp³-hybridized carbons (Fsp3) is 0.600. The predicted octanol–water partition coefficient (Wildman–Crippen LogP) is 1.51. The molecule has 1 fully saturated rings. The van der Waals surface area contributed by atoms with E-state index in [1.165, 1.54) is 6.20 Å². The number of halogens is 1. The predicted molar refractivity (Wildman–Crippen MR) is 58.1 cm³/mol. The molecule has 5 heteroatoms. The first-order valence-electron chi connectivity index (χ1n) is 5.10. The SMILES string of the molecule is CC1CCNCC1Oc1cncc(Cl)n1. The summed E-state index contributed by atoms with van der Waals surface area (Å²) in [6.45, 7) is 4.10. The molecule has 1 aliphatic rings. The van der Waals surface area contributed by atoms with Crippen LogP contribution in [0.4, 0.5) is 0 Å². The van der Waals surface area contributed by atoms with Crippen LogP contribution < -0.4 is 10.1 Å². The van der Waals surface area contributed by atoms with E-state index in [1.54, 1.807) is 6.20 Å². The standard InChI is InChI=1S/C10H14ClN3O/c1-7-2-3-12-4-8(7)15-10-6-13-5-9(11)14-10/h5-8,12H,2-4H2,1H3. The number of piperidine rings is 1. The molecule has 2 unspecified atom stereocenters. The van der Waals surface area contributed by atoms with Gasteiger partial charge >= 0.3 is 0 Å². The Hall–Kier alpha value is -0.870. The Morgan fingerprint density at radius 1 is 1.53 bits per heavy atom. The van der Waals surface area contributed by atoms with E-state index < -0.39 is 0 Å². The molecule has 4 nitrogen and oxygen atoms in total.